The molecule has 0 bridgehead atoms. The average molecular weight is 522 g/mol. The maximum Gasteiger partial charge on any atom is 0.347 e. The minimum atomic E-state index is -1.56. The highest BCUT2D eigenvalue weighted by atomic mass is 16.6. The maximum absolute atomic E-state index is 12.1. The molecule has 0 saturated heterocycles. The van der Waals surface area contributed by atoms with Gasteiger partial charge in [-0.25, -0.2) is 33.6 Å². The van der Waals surface area contributed by atoms with E-state index < -0.39 is 84.5 Å². The summed E-state index contributed by atoms with van der Waals surface area (Å²) < 4.78 is 28.4. The molecule has 15 heteroatoms. The molecular weight excluding hydrogens is 492 g/mol. The predicted octanol–water partition coefficient (Wildman–Crippen LogP) is -0.958. The van der Waals surface area contributed by atoms with Gasteiger partial charge < -0.3 is 38.6 Å². The van der Waals surface area contributed by atoms with Gasteiger partial charge in [-0.15, -0.1) is 0 Å². The standard InChI is InChI=1S/C21H30O15/c1-8(22)16(25)32-10(3)18(27)34-12(5)20(29)36-14(7)21(30)35-13(6)19(28)33-11(4)17(26)31-9(2)15(23)24/h8-14,22H,1-7H3,(H,23,24). The highest BCUT2D eigenvalue weighted by Crippen LogP contribution is 2.08. The van der Waals surface area contributed by atoms with Crippen molar-refractivity contribution in [2.45, 2.75) is 91.2 Å². The number of carboxylic acid groups (broad SMARTS) is 1. The Morgan fingerprint density at radius 3 is 0.806 bits per heavy atom. The van der Waals surface area contributed by atoms with Crippen molar-refractivity contribution < 1.29 is 72.2 Å². The Bertz CT molecular complexity index is 848. The van der Waals surface area contributed by atoms with Gasteiger partial charge in [-0.1, -0.05) is 0 Å². The lowest BCUT2D eigenvalue weighted by atomic mass is 10.3. The van der Waals surface area contributed by atoms with Crippen molar-refractivity contribution in [2.75, 3.05) is 0 Å². The lowest BCUT2D eigenvalue weighted by molar-refractivity contribution is -0.188. The summed E-state index contributed by atoms with van der Waals surface area (Å²) in [6.45, 7) is 7.81. The van der Waals surface area contributed by atoms with Gasteiger partial charge in [0.25, 0.3) is 0 Å². The number of carbonyl (C=O) groups excluding carboxylic acids is 6. The monoisotopic (exact) mass is 522 g/mol. The molecule has 0 aliphatic rings. The summed E-state index contributed by atoms with van der Waals surface area (Å²) >= 11 is 0. The zero-order valence-electron chi connectivity index (χ0n) is 20.7. The third kappa shape index (κ3) is 11.1. The summed E-state index contributed by atoms with van der Waals surface area (Å²) in [6, 6.07) is 0. The minimum absolute atomic E-state index is 1.08. The fraction of sp³-hybridized carbons (Fsp3) is 0.667. The molecule has 0 aliphatic heterocycles. The first-order chi connectivity index (χ1) is 16.5. The Balaban J connectivity index is 4.71. The summed E-state index contributed by atoms with van der Waals surface area (Å²) in [5, 5.41) is 17.8. The number of rotatable bonds is 13. The lowest BCUT2D eigenvalue weighted by Gasteiger charge is -2.20. The second-order valence-electron chi connectivity index (χ2n) is 7.49. The smallest absolute Gasteiger partial charge is 0.347 e. The van der Waals surface area contributed by atoms with Crippen molar-refractivity contribution in [3.05, 3.63) is 0 Å². The number of aliphatic carboxylic acids is 1. The number of hydrogen-bond donors (Lipinski definition) is 2. The number of ether oxygens (including phenoxy) is 6. The molecule has 7 atom stereocenters. The number of hydrogen-bond acceptors (Lipinski definition) is 14. The Morgan fingerprint density at radius 1 is 0.417 bits per heavy atom. The predicted molar refractivity (Wildman–Crippen MR) is 113 cm³/mol. The van der Waals surface area contributed by atoms with Crippen LogP contribution in [-0.4, -0.2) is 94.7 Å². The first-order valence-corrected chi connectivity index (χ1v) is 10.6. The van der Waals surface area contributed by atoms with Crippen LogP contribution in [0, 0.1) is 0 Å². The molecule has 0 heterocycles. The Labute approximate surface area is 205 Å². The van der Waals surface area contributed by atoms with Crippen LogP contribution in [0.25, 0.3) is 0 Å². The van der Waals surface area contributed by atoms with E-state index in [0.717, 1.165) is 48.5 Å². The van der Waals surface area contributed by atoms with E-state index >= 15 is 0 Å². The molecule has 2 N–H and O–H groups in total. The number of carboxylic acids is 1. The van der Waals surface area contributed by atoms with Gasteiger partial charge in [0.2, 0.25) is 0 Å². The third-order valence-corrected chi connectivity index (χ3v) is 4.11. The van der Waals surface area contributed by atoms with E-state index in [4.69, 9.17) is 29.2 Å². The summed E-state index contributed by atoms with van der Waals surface area (Å²) in [4.78, 5) is 81.9. The highest BCUT2D eigenvalue weighted by Gasteiger charge is 2.32. The van der Waals surface area contributed by atoms with Crippen LogP contribution in [0.3, 0.4) is 0 Å². The number of aliphatic hydroxyl groups excluding tert-OH is 1. The maximum atomic E-state index is 12.1. The molecule has 0 spiro atoms. The average Bonchev–Trinajstić information content (AvgIpc) is 2.77. The molecule has 0 aliphatic carbocycles. The zero-order chi connectivity index (χ0) is 28.3. The summed E-state index contributed by atoms with van der Waals surface area (Å²) in [7, 11) is 0. The van der Waals surface area contributed by atoms with Gasteiger partial charge in [-0.05, 0) is 48.5 Å². The minimum Gasteiger partial charge on any atom is -0.479 e. The first-order valence-electron chi connectivity index (χ1n) is 10.6. The Morgan fingerprint density at radius 2 is 0.611 bits per heavy atom. The first kappa shape index (κ1) is 32.2. The second kappa shape index (κ2) is 14.6. The van der Waals surface area contributed by atoms with Gasteiger partial charge in [0.05, 0.1) is 0 Å². The molecule has 0 radical (unpaired) electrons. The Kier molecular flexibility index (Phi) is 13.1. The molecule has 0 aromatic carbocycles. The van der Waals surface area contributed by atoms with Crippen LogP contribution in [0.2, 0.25) is 0 Å². The number of aliphatic hydroxyl groups is 1. The topological polar surface area (TPSA) is 215 Å². The SMILES string of the molecule is CC(O)C(=O)OC(C)C(=O)OC(C)C(=O)OC(C)C(=O)OC(C)C(=O)OC(C)C(=O)OC(C)C(=O)O. The van der Waals surface area contributed by atoms with E-state index in [9.17, 15) is 33.6 Å². The van der Waals surface area contributed by atoms with Crippen LogP contribution in [0.5, 0.6) is 0 Å². The van der Waals surface area contributed by atoms with E-state index in [1.165, 1.54) is 0 Å². The molecule has 0 aromatic heterocycles. The largest absolute Gasteiger partial charge is 0.479 e. The normalized spacial score (nSPS) is 16.4. The summed E-state index contributed by atoms with van der Waals surface area (Å²) in [6.07, 6.45) is -10.5. The molecule has 0 fully saturated rings. The van der Waals surface area contributed by atoms with E-state index in [0.29, 0.717) is 0 Å². The van der Waals surface area contributed by atoms with Crippen LogP contribution in [-0.2, 0) is 62.0 Å². The van der Waals surface area contributed by atoms with Crippen LogP contribution >= 0.6 is 0 Å². The number of esters is 6. The van der Waals surface area contributed by atoms with E-state index in [1.54, 1.807) is 0 Å². The summed E-state index contributed by atoms with van der Waals surface area (Å²) in [5.74, 6) is -8.27. The molecule has 0 rings (SSSR count). The van der Waals surface area contributed by atoms with E-state index in [2.05, 4.69) is 9.47 Å². The van der Waals surface area contributed by atoms with Gasteiger partial charge in [-0.3, -0.25) is 0 Å². The fourth-order valence-corrected chi connectivity index (χ4v) is 1.91. The number of carbonyl (C=O) groups is 7. The van der Waals surface area contributed by atoms with Crippen LogP contribution < -0.4 is 0 Å². The van der Waals surface area contributed by atoms with Crippen molar-refractivity contribution in [2.24, 2.45) is 0 Å². The van der Waals surface area contributed by atoms with Gasteiger partial charge in [0.1, 0.15) is 6.10 Å². The van der Waals surface area contributed by atoms with Gasteiger partial charge >= 0.3 is 41.8 Å². The second-order valence-corrected chi connectivity index (χ2v) is 7.49. The van der Waals surface area contributed by atoms with Crippen molar-refractivity contribution in [3.8, 4) is 0 Å². The Hall–Kier alpha value is -3.75. The van der Waals surface area contributed by atoms with Gasteiger partial charge in [0, 0.05) is 0 Å². The lowest BCUT2D eigenvalue weighted by Crippen LogP contribution is -2.39. The molecule has 15 nitrogen and oxygen atoms in total. The van der Waals surface area contributed by atoms with Crippen LogP contribution in [0.1, 0.15) is 48.5 Å². The van der Waals surface area contributed by atoms with Gasteiger partial charge in [0.15, 0.2) is 36.6 Å². The molecule has 0 aromatic rings. The van der Waals surface area contributed by atoms with Crippen LogP contribution in [0.4, 0.5) is 0 Å². The van der Waals surface area contributed by atoms with Crippen molar-refractivity contribution >= 4 is 41.8 Å². The van der Waals surface area contributed by atoms with Crippen molar-refractivity contribution in [3.63, 3.8) is 0 Å². The molecule has 7 unspecified atom stereocenters. The molecule has 0 saturated carbocycles. The van der Waals surface area contributed by atoms with Crippen molar-refractivity contribution in [1.82, 2.24) is 0 Å². The molecule has 0 amide bonds. The fourth-order valence-electron chi connectivity index (χ4n) is 1.91. The van der Waals surface area contributed by atoms with E-state index in [-0.39, 0.29) is 0 Å². The highest BCUT2D eigenvalue weighted by molar-refractivity contribution is 5.87. The van der Waals surface area contributed by atoms with E-state index in [1.807, 2.05) is 0 Å². The molecule has 204 valence electrons. The molecular formula is C21H30O15. The zero-order valence-corrected chi connectivity index (χ0v) is 20.7. The third-order valence-electron chi connectivity index (χ3n) is 4.11. The molecule has 36 heavy (non-hydrogen) atoms. The summed E-state index contributed by atoms with van der Waals surface area (Å²) in [5.41, 5.74) is 0. The quantitative estimate of drug-likeness (QED) is 0.220. The van der Waals surface area contributed by atoms with Gasteiger partial charge in [-0.2, -0.15) is 0 Å². The van der Waals surface area contributed by atoms with Crippen LogP contribution in [0.15, 0.2) is 0 Å². The van der Waals surface area contributed by atoms with Crippen molar-refractivity contribution in [1.29, 1.82) is 0 Å².